The van der Waals surface area contributed by atoms with E-state index in [0.717, 1.165) is 10.5 Å². The highest BCUT2D eigenvalue weighted by Gasteiger charge is 2.35. The Balaban J connectivity index is 0.892. The number of rotatable bonds is 18. The van der Waals surface area contributed by atoms with E-state index in [1.165, 1.54) is 18.2 Å². The standard InChI is InChI=1S/C60H81FN10O11/c1-37(2)55(64-51(74)12-10-9-11-25-69-52(75)21-22-53(69)76)59(79)62-41(6)58(78)63-45-17-15-43(16-18-45)36-71(8)30-28-68(29-31-71)60(80)81-50-20-14-39(4)57(82-54(77)35-47(73)19-13-38(50)3)40(5)32-44-33-48(61)56-49(34-44)70(66-65-56)46-23-26-67(27-24-46)42(7)72/h14-18,20-22,32-34,37-39,41,46-47,50,55,57,73H,9-13,19,23-31,35-36H2,1-8H3,(H2-,62,63,64,74,78,79)/p+1/b20-14+,40-32+/t38-,39-,41?,47+,50-,55?,57-/m0/s1. The Morgan fingerprint density at radius 3 is 2.21 bits per heavy atom. The molecule has 0 aliphatic carbocycles. The van der Waals surface area contributed by atoms with Crippen LogP contribution in [0.4, 0.5) is 14.9 Å². The molecule has 444 valence electrons. The molecule has 22 heteroatoms. The summed E-state index contributed by atoms with van der Waals surface area (Å²) in [7, 11) is 2.13. The number of nitrogens with zero attached hydrogens (tertiary/aromatic N) is 7. The molecule has 2 aromatic carbocycles. The number of piperazine rings is 1. The number of hydrogen-bond donors (Lipinski definition) is 4. The Morgan fingerprint density at radius 2 is 1.55 bits per heavy atom. The topological polar surface area (TPSA) is 252 Å². The lowest BCUT2D eigenvalue weighted by Gasteiger charge is -2.42. The number of amides is 7. The van der Waals surface area contributed by atoms with Gasteiger partial charge in [-0.1, -0.05) is 63.6 Å². The van der Waals surface area contributed by atoms with Gasteiger partial charge < -0.3 is 39.9 Å². The number of quaternary nitrogens is 1. The molecule has 2 saturated heterocycles. The lowest BCUT2D eigenvalue weighted by molar-refractivity contribution is -0.926. The summed E-state index contributed by atoms with van der Waals surface area (Å²) < 4.78 is 30.3. The summed E-state index contributed by atoms with van der Waals surface area (Å²) in [4.78, 5) is 107. The molecule has 1 aromatic heterocycles. The summed E-state index contributed by atoms with van der Waals surface area (Å²) in [5, 5.41) is 27.7. The second kappa shape index (κ2) is 28.1. The number of benzene rings is 2. The molecule has 7 rings (SSSR count). The molecule has 0 saturated carbocycles. The Labute approximate surface area is 479 Å². The van der Waals surface area contributed by atoms with E-state index in [4.69, 9.17) is 9.47 Å². The highest BCUT2D eigenvalue weighted by molar-refractivity contribution is 6.12. The number of aliphatic hydroxyl groups is 1. The Morgan fingerprint density at radius 1 is 0.866 bits per heavy atom. The number of esters is 1. The third kappa shape index (κ3) is 16.7. The maximum Gasteiger partial charge on any atom is 0.410 e. The predicted molar refractivity (Wildman–Crippen MR) is 304 cm³/mol. The van der Waals surface area contributed by atoms with Crippen LogP contribution < -0.4 is 16.0 Å². The van der Waals surface area contributed by atoms with E-state index in [-0.39, 0.29) is 72.8 Å². The molecule has 21 nitrogen and oxygen atoms in total. The van der Waals surface area contributed by atoms with Gasteiger partial charge >= 0.3 is 12.1 Å². The summed E-state index contributed by atoms with van der Waals surface area (Å²) in [6.45, 7) is 16.7. The molecular weight excluding hydrogens is 1060 g/mol. The van der Waals surface area contributed by atoms with Crippen LogP contribution >= 0.6 is 0 Å². The Bertz CT molecular complexity index is 2890. The van der Waals surface area contributed by atoms with Crippen LogP contribution in [0.3, 0.4) is 0 Å². The molecule has 4 aliphatic heterocycles. The van der Waals surface area contributed by atoms with Crippen molar-refractivity contribution in [2.75, 3.05) is 58.2 Å². The van der Waals surface area contributed by atoms with Gasteiger partial charge in [-0.2, -0.15) is 0 Å². The van der Waals surface area contributed by atoms with Gasteiger partial charge in [-0.15, -0.1) is 5.10 Å². The number of cyclic esters (lactones) is 1. The number of likely N-dealkylation sites (N-methyl/N-ethyl adjacent to an activating group) is 1. The number of nitrogens with one attached hydrogen (secondary N) is 3. The van der Waals surface area contributed by atoms with E-state index < -0.39 is 66.0 Å². The van der Waals surface area contributed by atoms with Crippen LogP contribution in [0.1, 0.15) is 123 Å². The van der Waals surface area contributed by atoms with Crippen molar-refractivity contribution in [3.8, 4) is 0 Å². The van der Waals surface area contributed by atoms with Crippen LogP contribution in [0, 0.1) is 23.6 Å². The van der Waals surface area contributed by atoms with Crippen LogP contribution in [0.15, 0.2) is 66.3 Å². The van der Waals surface area contributed by atoms with Gasteiger partial charge in [0.15, 0.2) is 5.82 Å². The van der Waals surface area contributed by atoms with Crippen molar-refractivity contribution in [2.45, 2.75) is 149 Å². The second-order valence-corrected chi connectivity index (χ2v) is 23.3. The average Bonchev–Trinajstić information content (AvgIpc) is 4.01. The van der Waals surface area contributed by atoms with E-state index in [9.17, 15) is 43.5 Å². The van der Waals surface area contributed by atoms with Crippen molar-refractivity contribution >= 4 is 70.3 Å². The molecule has 4 aliphatic rings. The molecule has 4 N–H and O–H groups in total. The number of anilines is 1. The molecule has 0 bridgehead atoms. The van der Waals surface area contributed by atoms with Crippen LogP contribution in [0.2, 0.25) is 0 Å². The maximum absolute atomic E-state index is 15.6. The number of aromatic nitrogens is 3. The van der Waals surface area contributed by atoms with E-state index in [2.05, 4.69) is 33.3 Å². The fourth-order valence-corrected chi connectivity index (χ4v) is 11.0. The molecule has 2 fully saturated rings. The number of piperidine rings is 1. The first-order valence-electron chi connectivity index (χ1n) is 28.8. The third-order valence-electron chi connectivity index (χ3n) is 16.2. The molecule has 3 aromatic rings. The first-order valence-corrected chi connectivity index (χ1v) is 28.8. The van der Waals surface area contributed by atoms with Gasteiger partial charge in [0, 0.05) is 62.3 Å². The summed E-state index contributed by atoms with van der Waals surface area (Å²) in [5.41, 5.74) is 3.39. The molecule has 7 amide bonds. The number of imide groups is 1. The molecule has 7 atom stereocenters. The zero-order valence-corrected chi connectivity index (χ0v) is 48.6. The van der Waals surface area contributed by atoms with Gasteiger partial charge in [0.2, 0.25) is 23.6 Å². The zero-order chi connectivity index (χ0) is 59.4. The number of ether oxygens (including phenoxy) is 2. The van der Waals surface area contributed by atoms with Crippen molar-refractivity contribution in [1.29, 1.82) is 0 Å². The number of aliphatic hydroxyl groups excluding tert-OH is 1. The van der Waals surface area contributed by atoms with Crippen LogP contribution in [0.5, 0.6) is 0 Å². The van der Waals surface area contributed by atoms with Gasteiger partial charge in [0.25, 0.3) is 11.8 Å². The smallest absolute Gasteiger partial charge is 0.410 e. The zero-order valence-electron chi connectivity index (χ0n) is 48.6. The third-order valence-corrected chi connectivity index (χ3v) is 16.2. The SMILES string of the molecule is CC(=O)N1CCC(n2nnc3c(F)cc(/C=C(\C)[C@H]4OC(=O)C[C@H](O)CC[C@H](C)[C@@H](OC(=O)N5CC[N+](C)(Cc6ccc(NC(=O)C(C)NC(=O)C(NC(=O)CCCCCN7C(=O)C=CC7=O)C(C)C)cc6)CC5)/C=C/[C@@H]4C)cc32)CC1. The van der Waals surface area contributed by atoms with Gasteiger partial charge in [0.1, 0.15) is 36.4 Å². The minimum absolute atomic E-state index is 0.0117. The van der Waals surface area contributed by atoms with Gasteiger partial charge in [-0.3, -0.25) is 43.4 Å². The number of fused-ring (bicyclic) bond motifs is 1. The largest absolute Gasteiger partial charge is 0.457 e. The first-order chi connectivity index (χ1) is 39.0. The lowest BCUT2D eigenvalue weighted by Crippen LogP contribution is -2.58. The molecule has 0 spiro atoms. The average molecular weight is 1140 g/mol. The van der Waals surface area contributed by atoms with E-state index >= 15 is 4.39 Å². The van der Waals surface area contributed by atoms with Crippen LogP contribution in [-0.4, -0.2) is 170 Å². The van der Waals surface area contributed by atoms with Crippen molar-refractivity contribution in [3.63, 3.8) is 0 Å². The molecule has 2 unspecified atom stereocenters. The minimum Gasteiger partial charge on any atom is -0.457 e. The minimum atomic E-state index is -0.979. The lowest BCUT2D eigenvalue weighted by atomic mass is 9.91. The monoisotopic (exact) mass is 1140 g/mol. The van der Waals surface area contributed by atoms with Crippen molar-refractivity contribution in [1.82, 2.24) is 40.3 Å². The number of unbranched alkanes of at least 4 members (excludes halogenated alkanes) is 2. The van der Waals surface area contributed by atoms with Crippen LogP contribution in [0.25, 0.3) is 17.1 Å². The van der Waals surface area contributed by atoms with E-state index in [1.807, 2.05) is 44.2 Å². The van der Waals surface area contributed by atoms with Crippen molar-refractivity contribution in [3.05, 3.63) is 83.2 Å². The summed E-state index contributed by atoms with van der Waals surface area (Å²) in [6.07, 6.45) is 8.78. The van der Waals surface area contributed by atoms with Gasteiger partial charge in [-0.05, 0) is 106 Å². The number of hydrogen-bond acceptors (Lipinski definition) is 13. The normalized spacial score (nSPS) is 23.2. The molecule has 0 radical (unpaired) electrons. The first kappa shape index (κ1) is 62.3. The summed E-state index contributed by atoms with van der Waals surface area (Å²) >= 11 is 0. The summed E-state index contributed by atoms with van der Waals surface area (Å²) in [5.74, 6) is -3.87. The predicted octanol–water partition coefficient (Wildman–Crippen LogP) is 5.98. The van der Waals surface area contributed by atoms with Gasteiger partial charge in [0.05, 0.1) is 57.3 Å². The summed E-state index contributed by atoms with van der Waals surface area (Å²) in [6, 6.07) is 8.82. The number of likely N-dealkylation sites (tertiary alicyclic amines) is 1. The molecular formula is C60H82FN10O11+. The second-order valence-electron chi connectivity index (χ2n) is 23.3. The molecule has 5 heterocycles. The molecule has 82 heavy (non-hydrogen) atoms. The van der Waals surface area contributed by atoms with Crippen LogP contribution in [-0.2, 0) is 49.6 Å². The quantitative estimate of drug-likeness (QED) is 0.0377. The Kier molecular flexibility index (Phi) is 21.3. The Hall–Kier alpha value is -7.33. The highest BCUT2D eigenvalue weighted by Crippen LogP contribution is 2.31. The number of carbonyl (C=O) groups excluding carboxylic acids is 8. The van der Waals surface area contributed by atoms with Crippen molar-refractivity contribution in [2.24, 2.45) is 17.8 Å². The number of halogens is 1. The fraction of sp³-hybridized carbons (Fsp3) is 0.567. The van der Waals surface area contributed by atoms with E-state index in [1.54, 1.807) is 67.3 Å². The van der Waals surface area contributed by atoms with Gasteiger partial charge in [-0.25, -0.2) is 13.9 Å². The maximum atomic E-state index is 15.6. The van der Waals surface area contributed by atoms with Crippen molar-refractivity contribution < 1.29 is 61.8 Å². The fourth-order valence-electron chi connectivity index (χ4n) is 11.0. The number of carbonyl (C=O) groups is 8. The highest BCUT2D eigenvalue weighted by atomic mass is 19.1. The van der Waals surface area contributed by atoms with E-state index in [0.29, 0.717) is 111 Å².